The zero-order valence-corrected chi connectivity index (χ0v) is 13.6. The van der Waals surface area contributed by atoms with Gasteiger partial charge in [-0.15, -0.1) is 0 Å². The van der Waals surface area contributed by atoms with E-state index in [2.05, 4.69) is 20.3 Å². The zero-order valence-electron chi connectivity index (χ0n) is 12.8. The SMILES string of the molecule is N#Cc1nccnc1N1CCCC(C(=O)Nc2ccc(Cl)cn2)C1. The van der Waals surface area contributed by atoms with Crippen LogP contribution < -0.4 is 10.2 Å². The average molecular weight is 343 g/mol. The molecule has 122 valence electrons. The highest BCUT2D eigenvalue weighted by molar-refractivity contribution is 6.30. The topological polar surface area (TPSA) is 94.8 Å². The maximum absolute atomic E-state index is 12.5. The Hall–Kier alpha value is -2.72. The molecule has 2 aromatic heterocycles. The summed E-state index contributed by atoms with van der Waals surface area (Å²) in [6, 6.07) is 5.38. The maximum Gasteiger partial charge on any atom is 0.230 e. The van der Waals surface area contributed by atoms with E-state index in [1.165, 1.54) is 12.4 Å². The molecule has 1 aliphatic rings. The molecule has 1 fully saturated rings. The number of halogens is 1. The minimum atomic E-state index is -0.204. The van der Waals surface area contributed by atoms with Gasteiger partial charge in [-0.1, -0.05) is 11.6 Å². The quantitative estimate of drug-likeness (QED) is 0.919. The number of carbonyl (C=O) groups excluding carboxylic acids is 1. The molecular weight excluding hydrogens is 328 g/mol. The number of carbonyl (C=O) groups is 1. The van der Waals surface area contributed by atoms with Crippen molar-refractivity contribution >= 4 is 29.1 Å². The number of piperidine rings is 1. The summed E-state index contributed by atoms with van der Waals surface area (Å²) in [6.45, 7) is 1.24. The fourth-order valence-electron chi connectivity index (χ4n) is 2.70. The standard InChI is InChI=1S/C16H15ClN6O/c17-12-3-4-14(21-9-12)22-16(24)11-2-1-7-23(10-11)15-13(8-18)19-5-6-20-15/h3-6,9,11H,1-2,7,10H2,(H,21,22,24). The maximum atomic E-state index is 12.5. The molecule has 3 rings (SSSR count). The molecule has 0 aromatic carbocycles. The van der Waals surface area contributed by atoms with Crippen molar-refractivity contribution in [3.63, 3.8) is 0 Å². The Balaban J connectivity index is 1.70. The molecule has 0 saturated carbocycles. The second kappa shape index (κ2) is 7.23. The smallest absolute Gasteiger partial charge is 0.230 e. The third kappa shape index (κ3) is 3.60. The largest absolute Gasteiger partial charge is 0.353 e. The predicted octanol–water partition coefficient (Wildman–Crippen LogP) is 2.25. The van der Waals surface area contributed by atoms with Gasteiger partial charge in [-0.2, -0.15) is 5.26 Å². The molecular formula is C16H15ClN6O. The summed E-state index contributed by atoms with van der Waals surface area (Å²) in [5, 5.41) is 12.5. The fraction of sp³-hybridized carbons (Fsp3) is 0.312. The number of hydrogen-bond acceptors (Lipinski definition) is 6. The van der Waals surface area contributed by atoms with Gasteiger partial charge in [-0.3, -0.25) is 4.79 Å². The first-order valence-corrected chi connectivity index (χ1v) is 7.93. The van der Waals surface area contributed by atoms with Crippen LogP contribution in [0.3, 0.4) is 0 Å². The molecule has 0 aliphatic carbocycles. The lowest BCUT2D eigenvalue weighted by Crippen LogP contribution is -2.41. The Morgan fingerprint density at radius 1 is 1.33 bits per heavy atom. The number of aromatic nitrogens is 3. The number of anilines is 2. The van der Waals surface area contributed by atoms with E-state index in [1.807, 2.05) is 11.0 Å². The van der Waals surface area contributed by atoms with Gasteiger partial charge >= 0.3 is 0 Å². The van der Waals surface area contributed by atoms with E-state index in [0.29, 0.717) is 23.2 Å². The van der Waals surface area contributed by atoms with Crippen molar-refractivity contribution < 1.29 is 4.79 Å². The first-order chi connectivity index (χ1) is 11.7. The van der Waals surface area contributed by atoms with Crippen LogP contribution in [0, 0.1) is 17.2 Å². The molecule has 1 saturated heterocycles. The van der Waals surface area contributed by atoms with Gasteiger partial charge in [0.1, 0.15) is 11.9 Å². The molecule has 1 N–H and O–H groups in total. The van der Waals surface area contributed by atoms with E-state index in [9.17, 15) is 4.79 Å². The highest BCUT2D eigenvalue weighted by atomic mass is 35.5. The van der Waals surface area contributed by atoms with Gasteiger partial charge in [0, 0.05) is 31.7 Å². The van der Waals surface area contributed by atoms with Crippen molar-refractivity contribution in [3.8, 4) is 6.07 Å². The molecule has 1 atom stereocenters. The van der Waals surface area contributed by atoms with Gasteiger partial charge in [0.15, 0.2) is 11.5 Å². The Bertz CT molecular complexity index is 773. The molecule has 3 heterocycles. The summed E-state index contributed by atoms with van der Waals surface area (Å²) in [6.07, 6.45) is 6.15. The minimum Gasteiger partial charge on any atom is -0.353 e. The van der Waals surface area contributed by atoms with Crippen LogP contribution in [0.2, 0.25) is 5.02 Å². The van der Waals surface area contributed by atoms with Gasteiger partial charge in [-0.05, 0) is 25.0 Å². The molecule has 0 bridgehead atoms. The molecule has 8 heteroatoms. The van der Waals surface area contributed by atoms with E-state index in [1.54, 1.807) is 18.3 Å². The van der Waals surface area contributed by atoms with E-state index in [0.717, 1.165) is 19.4 Å². The van der Waals surface area contributed by atoms with Crippen LogP contribution in [-0.2, 0) is 4.79 Å². The van der Waals surface area contributed by atoms with Crippen LogP contribution in [0.5, 0.6) is 0 Å². The summed E-state index contributed by atoms with van der Waals surface area (Å²) >= 11 is 5.79. The van der Waals surface area contributed by atoms with E-state index < -0.39 is 0 Å². The second-order valence-corrected chi connectivity index (χ2v) is 5.91. The lowest BCUT2D eigenvalue weighted by Gasteiger charge is -2.32. The number of pyridine rings is 1. The number of hydrogen-bond donors (Lipinski definition) is 1. The first-order valence-electron chi connectivity index (χ1n) is 7.56. The number of nitrogens with one attached hydrogen (secondary N) is 1. The van der Waals surface area contributed by atoms with Crippen molar-refractivity contribution in [2.24, 2.45) is 5.92 Å². The van der Waals surface area contributed by atoms with E-state index >= 15 is 0 Å². The number of nitriles is 1. The highest BCUT2D eigenvalue weighted by Gasteiger charge is 2.28. The molecule has 2 aromatic rings. The molecule has 1 amide bonds. The molecule has 0 radical (unpaired) electrons. The molecule has 24 heavy (non-hydrogen) atoms. The van der Waals surface area contributed by atoms with Crippen LogP contribution in [0.15, 0.2) is 30.7 Å². The Morgan fingerprint density at radius 3 is 2.92 bits per heavy atom. The number of nitrogens with zero attached hydrogens (tertiary/aromatic N) is 5. The third-order valence-corrected chi connectivity index (χ3v) is 4.08. The van der Waals surface area contributed by atoms with Crippen LogP contribution >= 0.6 is 11.6 Å². The summed E-state index contributed by atoms with van der Waals surface area (Å²) < 4.78 is 0. The Morgan fingerprint density at radius 2 is 2.17 bits per heavy atom. The first kappa shape index (κ1) is 16.1. The van der Waals surface area contributed by atoms with Crippen molar-refractivity contribution in [2.75, 3.05) is 23.3 Å². The van der Waals surface area contributed by atoms with Crippen LogP contribution in [-0.4, -0.2) is 33.9 Å². The number of rotatable bonds is 3. The van der Waals surface area contributed by atoms with Crippen molar-refractivity contribution in [1.82, 2.24) is 15.0 Å². The summed E-state index contributed by atoms with van der Waals surface area (Å²) in [5.41, 5.74) is 0.276. The van der Waals surface area contributed by atoms with Crippen molar-refractivity contribution in [2.45, 2.75) is 12.8 Å². The van der Waals surface area contributed by atoms with Crippen molar-refractivity contribution in [3.05, 3.63) is 41.4 Å². The molecule has 0 spiro atoms. The minimum absolute atomic E-state index is 0.100. The van der Waals surface area contributed by atoms with Gasteiger partial charge in [-0.25, -0.2) is 15.0 Å². The summed E-state index contributed by atoms with van der Waals surface area (Å²) in [5.74, 6) is 0.697. The van der Waals surface area contributed by atoms with Crippen LogP contribution in [0.4, 0.5) is 11.6 Å². The van der Waals surface area contributed by atoms with Crippen molar-refractivity contribution in [1.29, 1.82) is 5.26 Å². The average Bonchev–Trinajstić information content (AvgIpc) is 2.63. The lowest BCUT2D eigenvalue weighted by molar-refractivity contribution is -0.120. The lowest BCUT2D eigenvalue weighted by atomic mass is 9.97. The van der Waals surface area contributed by atoms with Gasteiger partial charge < -0.3 is 10.2 Å². The van der Waals surface area contributed by atoms with Gasteiger partial charge in [0.2, 0.25) is 5.91 Å². The monoisotopic (exact) mass is 342 g/mol. The predicted molar refractivity (Wildman–Crippen MR) is 89.6 cm³/mol. The number of amides is 1. The molecule has 7 nitrogen and oxygen atoms in total. The zero-order chi connectivity index (χ0) is 16.9. The Labute approximate surface area is 144 Å². The molecule has 1 aliphatic heterocycles. The van der Waals surface area contributed by atoms with E-state index in [-0.39, 0.29) is 17.5 Å². The summed E-state index contributed by atoms with van der Waals surface area (Å²) in [7, 11) is 0. The van der Waals surface area contributed by atoms with Crippen LogP contribution in [0.25, 0.3) is 0 Å². The van der Waals surface area contributed by atoms with Gasteiger partial charge in [0.25, 0.3) is 0 Å². The third-order valence-electron chi connectivity index (χ3n) is 3.86. The Kier molecular flexibility index (Phi) is 4.87. The second-order valence-electron chi connectivity index (χ2n) is 5.48. The normalized spacial score (nSPS) is 17.2. The van der Waals surface area contributed by atoms with E-state index in [4.69, 9.17) is 16.9 Å². The fourth-order valence-corrected chi connectivity index (χ4v) is 2.81. The van der Waals surface area contributed by atoms with Crippen LogP contribution in [0.1, 0.15) is 18.5 Å². The molecule has 1 unspecified atom stereocenters. The highest BCUT2D eigenvalue weighted by Crippen LogP contribution is 2.24. The van der Waals surface area contributed by atoms with Gasteiger partial charge in [0.05, 0.1) is 10.9 Å². The summed E-state index contributed by atoms with van der Waals surface area (Å²) in [4.78, 5) is 26.8.